The molecular weight excluding hydrogens is 452 g/mol. The average Bonchev–Trinajstić information content (AvgIpc) is 3.51. The smallest absolute Gasteiger partial charge is 0.410 e. The predicted octanol–water partition coefficient (Wildman–Crippen LogP) is 3.92. The molecule has 4 heterocycles. The van der Waals surface area contributed by atoms with Crippen LogP contribution >= 0.6 is 11.3 Å². The Balaban J connectivity index is 1.36. The van der Waals surface area contributed by atoms with Crippen LogP contribution in [0.25, 0.3) is 0 Å². The van der Waals surface area contributed by atoms with Crippen molar-refractivity contribution in [1.29, 1.82) is 0 Å². The van der Waals surface area contributed by atoms with E-state index in [-0.39, 0.29) is 24.1 Å². The molecule has 2 aliphatic heterocycles. The molecule has 0 bridgehead atoms. The number of aromatic nitrogens is 1. The van der Waals surface area contributed by atoms with Gasteiger partial charge in [0.25, 0.3) is 5.91 Å². The van der Waals surface area contributed by atoms with Gasteiger partial charge in [-0.15, -0.1) is 11.3 Å². The quantitative estimate of drug-likeness (QED) is 0.667. The van der Waals surface area contributed by atoms with Crippen molar-refractivity contribution in [3.63, 3.8) is 0 Å². The van der Waals surface area contributed by atoms with Crippen LogP contribution in [0.4, 0.5) is 4.79 Å². The first kappa shape index (κ1) is 24.8. The van der Waals surface area contributed by atoms with Gasteiger partial charge >= 0.3 is 6.09 Å². The fourth-order valence-electron chi connectivity index (χ4n) is 4.62. The predicted molar refractivity (Wildman–Crippen MR) is 132 cm³/mol. The summed E-state index contributed by atoms with van der Waals surface area (Å²) in [6, 6.07) is 8.33. The van der Waals surface area contributed by atoms with Crippen LogP contribution in [0.2, 0.25) is 0 Å². The number of likely N-dealkylation sites (tertiary alicyclic amines) is 1. The number of rotatable bonds is 6. The van der Waals surface area contributed by atoms with Crippen LogP contribution in [0, 0.1) is 0 Å². The van der Waals surface area contributed by atoms with Crippen LogP contribution in [0.5, 0.6) is 0 Å². The lowest BCUT2D eigenvalue weighted by Gasteiger charge is -2.35. The van der Waals surface area contributed by atoms with Crippen LogP contribution in [0.1, 0.15) is 61.1 Å². The van der Waals surface area contributed by atoms with E-state index >= 15 is 0 Å². The first-order valence-corrected chi connectivity index (χ1v) is 13.0. The molecule has 4 rings (SSSR count). The molecule has 1 atom stereocenters. The Morgan fingerprint density at radius 2 is 1.88 bits per heavy atom. The second-order valence-electron chi connectivity index (χ2n) is 9.89. The van der Waals surface area contributed by atoms with Crippen molar-refractivity contribution in [2.45, 2.75) is 51.3 Å². The van der Waals surface area contributed by atoms with Gasteiger partial charge in [0.1, 0.15) is 11.3 Å². The SMILES string of the molecule is CC(C)(C)OC(=O)N1CCC(n2cccc2C(=O)NCC(c2cccs2)N2CCOCC2)CC1. The highest BCUT2D eigenvalue weighted by Crippen LogP contribution is 2.27. The van der Waals surface area contributed by atoms with Gasteiger partial charge in [-0.05, 0) is 57.2 Å². The monoisotopic (exact) mass is 488 g/mol. The number of thiophene rings is 1. The van der Waals surface area contributed by atoms with Crippen molar-refractivity contribution >= 4 is 23.3 Å². The summed E-state index contributed by atoms with van der Waals surface area (Å²) in [5.74, 6) is -0.0608. The minimum Gasteiger partial charge on any atom is -0.444 e. The first-order valence-electron chi connectivity index (χ1n) is 12.1. The molecule has 0 radical (unpaired) electrons. The van der Waals surface area contributed by atoms with Gasteiger partial charge in [-0.2, -0.15) is 0 Å². The summed E-state index contributed by atoms with van der Waals surface area (Å²) in [5.41, 5.74) is 0.171. The minimum atomic E-state index is -0.498. The Morgan fingerprint density at radius 1 is 1.15 bits per heavy atom. The summed E-state index contributed by atoms with van der Waals surface area (Å²) < 4.78 is 13.1. The Morgan fingerprint density at radius 3 is 2.53 bits per heavy atom. The van der Waals surface area contributed by atoms with Gasteiger partial charge in [-0.25, -0.2) is 4.79 Å². The number of nitrogens with zero attached hydrogens (tertiary/aromatic N) is 3. The Kier molecular flexibility index (Phi) is 7.95. The Hall–Kier alpha value is -2.36. The molecule has 0 spiro atoms. The van der Waals surface area contributed by atoms with Gasteiger partial charge in [0.05, 0.1) is 19.3 Å². The number of hydrogen-bond donors (Lipinski definition) is 1. The van der Waals surface area contributed by atoms with Crippen molar-refractivity contribution < 1.29 is 19.1 Å². The van der Waals surface area contributed by atoms with E-state index in [0.717, 1.165) is 39.1 Å². The fraction of sp³-hybridized carbons (Fsp3) is 0.600. The molecule has 0 saturated carbocycles. The zero-order chi connectivity index (χ0) is 24.1. The lowest BCUT2D eigenvalue weighted by molar-refractivity contribution is 0.0167. The second-order valence-corrected chi connectivity index (χ2v) is 10.9. The van der Waals surface area contributed by atoms with E-state index in [1.54, 1.807) is 16.2 Å². The number of morpholine rings is 1. The topological polar surface area (TPSA) is 76.0 Å². The van der Waals surface area contributed by atoms with E-state index in [1.165, 1.54) is 4.88 Å². The number of nitrogens with one attached hydrogen (secondary N) is 1. The molecule has 2 fully saturated rings. The number of piperidine rings is 1. The maximum atomic E-state index is 13.2. The van der Waals surface area contributed by atoms with E-state index in [2.05, 4.69) is 32.3 Å². The van der Waals surface area contributed by atoms with Crippen LogP contribution in [-0.4, -0.2) is 77.9 Å². The third kappa shape index (κ3) is 6.20. The molecule has 1 N–H and O–H groups in total. The van der Waals surface area contributed by atoms with Crippen molar-refractivity contribution in [2.24, 2.45) is 0 Å². The minimum absolute atomic E-state index is 0.0608. The average molecular weight is 489 g/mol. The highest BCUT2D eigenvalue weighted by molar-refractivity contribution is 7.10. The van der Waals surface area contributed by atoms with Crippen LogP contribution in [0.15, 0.2) is 35.8 Å². The fourth-order valence-corrected chi connectivity index (χ4v) is 5.48. The molecule has 2 aliphatic rings. The van der Waals surface area contributed by atoms with Gasteiger partial charge < -0.3 is 24.3 Å². The Bertz CT molecular complexity index is 939. The molecule has 8 nitrogen and oxygen atoms in total. The summed E-state index contributed by atoms with van der Waals surface area (Å²) in [5, 5.41) is 5.27. The molecule has 1 unspecified atom stereocenters. The van der Waals surface area contributed by atoms with Gasteiger partial charge in [-0.1, -0.05) is 6.07 Å². The number of ether oxygens (including phenoxy) is 2. The van der Waals surface area contributed by atoms with Crippen molar-refractivity contribution in [2.75, 3.05) is 45.9 Å². The highest BCUT2D eigenvalue weighted by atomic mass is 32.1. The molecule has 2 aromatic rings. The van der Waals surface area contributed by atoms with Crippen molar-refractivity contribution in [3.8, 4) is 0 Å². The molecular formula is C25H36N4O4S. The number of carbonyl (C=O) groups excluding carboxylic acids is 2. The van der Waals surface area contributed by atoms with Crippen molar-refractivity contribution in [3.05, 3.63) is 46.4 Å². The molecule has 9 heteroatoms. The van der Waals surface area contributed by atoms with E-state index in [9.17, 15) is 9.59 Å². The molecule has 2 saturated heterocycles. The summed E-state index contributed by atoms with van der Waals surface area (Å²) in [4.78, 5) is 31.0. The summed E-state index contributed by atoms with van der Waals surface area (Å²) in [7, 11) is 0. The van der Waals surface area contributed by atoms with Gasteiger partial charge in [0.2, 0.25) is 0 Å². The van der Waals surface area contributed by atoms with Gasteiger partial charge in [0, 0.05) is 49.8 Å². The standard InChI is InChI=1S/C25H36N4O4S/c1-25(2,3)33-24(31)28-11-8-19(9-12-28)29-10-4-6-20(29)23(30)26-18-21(22-7-5-17-34-22)27-13-15-32-16-14-27/h4-7,10,17,19,21H,8-9,11-16,18H2,1-3H3,(H,26,30). The first-order chi connectivity index (χ1) is 16.3. The molecule has 0 aliphatic carbocycles. The van der Waals surface area contributed by atoms with Crippen LogP contribution in [-0.2, 0) is 9.47 Å². The normalized spacial score (nSPS) is 19.1. The molecule has 2 aromatic heterocycles. The van der Waals surface area contributed by atoms with Gasteiger partial charge in [-0.3, -0.25) is 9.69 Å². The molecule has 34 heavy (non-hydrogen) atoms. The van der Waals surface area contributed by atoms with Crippen LogP contribution < -0.4 is 5.32 Å². The van der Waals surface area contributed by atoms with E-state index < -0.39 is 5.60 Å². The summed E-state index contributed by atoms with van der Waals surface area (Å²) in [6.07, 6.45) is 3.29. The third-order valence-electron chi connectivity index (χ3n) is 6.34. The largest absolute Gasteiger partial charge is 0.444 e. The number of carbonyl (C=O) groups is 2. The summed E-state index contributed by atoms with van der Waals surface area (Å²) >= 11 is 1.72. The van der Waals surface area contributed by atoms with E-state index in [1.807, 2.05) is 39.1 Å². The Labute approximate surface area is 205 Å². The summed E-state index contributed by atoms with van der Waals surface area (Å²) in [6.45, 7) is 10.6. The zero-order valence-corrected chi connectivity index (χ0v) is 21.2. The molecule has 2 amide bonds. The van der Waals surface area contributed by atoms with Crippen LogP contribution in [0.3, 0.4) is 0 Å². The van der Waals surface area contributed by atoms with E-state index in [4.69, 9.17) is 9.47 Å². The lowest BCUT2D eigenvalue weighted by atomic mass is 10.0. The maximum Gasteiger partial charge on any atom is 0.410 e. The van der Waals surface area contributed by atoms with Gasteiger partial charge in [0.15, 0.2) is 0 Å². The molecule has 0 aromatic carbocycles. The number of hydrogen-bond acceptors (Lipinski definition) is 6. The molecule has 186 valence electrons. The highest BCUT2D eigenvalue weighted by Gasteiger charge is 2.29. The van der Waals surface area contributed by atoms with Crippen molar-refractivity contribution in [1.82, 2.24) is 19.7 Å². The lowest BCUT2D eigenvalue weighted by Crippen LogP contribution is -2.44. The number of amides is 2. The zero-order valence-electron chi connectivity index (χ0n) is 20.4. The second kappa shape index (κ2) is 10.9. The third-order valence-corrected chi connectivity index (χ3v) is 7.31. The van der Waals surface area contributed by atoms with E-state index in [0.29, 0.717) is 25.3 Å². The maximum absolute atomic E-state index is 13.2.